The minimum atomic E-state index is 0.500. The second-order valence-corrected chi connectivity index (χ2v) is 3.65. The predicted molar refractivity (Wildman–Crippen MR) is 53.4 cm³/mol. The van der Waals surface area contributed by atoms with Crippen molar-refractivity contribution in [3.05, 3.63) is 17.3 Å². The van der Waals surface area contributed by atoms with E-state index in [-0.39, 0.29) is 0 Å². The average Bonchev–Trinajstić information content (AvgIpc) is 2.50. The zero-order valence-electron chi connectivity index (χ0n) is 8.19. The van der Waals surface area contributed by atoms with Gasteiger partial charge in [0.2, 0.25) is 5.82 Å². The van der Waals surface area contributed by atoms with Gasteiger partial charge in [-0.3, -0.25) is 0 Å². The molecule has 14 heavy (non-hydrogen) atoms. The van der Waals surface area contributed by atoms with Crippen LogP contribution in [0.1, 0.15) is 26.0 Å². The van der Waals surface area contributed by atoms with E-state index in [1.54, 1.807) is 0 Å². The Morgan fingerprint density at radius 3 is 3.00 bits per heavy atom. The third-order valence-corrected chi connectivity index (χ3v) is 1.87. The van der Waals surface area contributed by atoms with Crippen LogP contribution in [0.4, 0.5) is 5.82 Å². The van der Waals surface area contributed by atoms with Crippen molar-refractivity contribution in [3.8, 4) is 0 Å². The van der Waals surface area contributed by atoms with Gasteiger partial charge in [0.15, 0.2) is 5.69 Å². The second kappa shape index (κ2) is 3.60. The molecule has 0 amide bonds. The molecule has 0 aliphatic carbocycles. The fourth-order valence-electron chi connectivity index (χ4n) is 1.27. The van der Waals surface area contributed by atoms with Crippen LogP contribution in [0.3, 0.4) is 0 Å². The summed E-state index contributed by atoms with van der Waals surface area (Å²) in [6.45, 7) is 4.32. The van der Waals surface area contributed by atoms with Crippen LogP contribution in [0.2, 0.25) is 0 Å². The molecule has 0 N–H and O–H groups in total. The summed E-state index contributed by atoms with van der Waals surface area (Å²) in [5.74, 6) is 4.04. The van der Waals surface area contributed by atoms with Gasteiger partial charge in [0, 0.05) is 5.57 Å². The van der Waals surface area contributed by atoms with Gasteiger partial charge in [-0.2, -0.15) is 4.99 Å². The molecule has 0 fully saturated rings. The van der Waals surface area contributed by atoms with E-state index >= 15 is 0 Å². The molecule has 0 atom stereocenters. The Labute approximate surface area is 82.0 Å². The van der Waals surface area contributed by atoms with Gasteiger partial charge >= 0.3 is 0 Å². The van der Waals surface area contributed by atoms with Crippen molar-refractivity contribution in [2.24, 2.45) is 10.9 Å². The molecule has 4 nitrogen and oxygen atoms in total. The average molecular weight is 189 g/mol. The van der Waals surface area contributed by atoms with Gasteiger partial charge in [0.25, 0.3) is 0 Å². The van der Waals surface area contributed by atoms with Gasteiger partial charge in [-0.1, -0.05) is 13.8 Å². The zero-order chi connectivity index (χ0) is 9.97. The van der Waals surface area contributed by atoms with Crippen LogP contribution >= 0.6 is 0 Å². The van der Waals surface area contributed by atoms with E-state index in [2.05, 4.69) is 39.7 Å². The largest absolute Gasteiger partial charge is 0.242 e. The molecular formula is C10H11N3O. The molecule has 1 aromatic heterocycles. The van der Waals surface area contributed by atoms with E-state index in [9.17, 15) is 0 Å². The van der Waals surface area contributed by atoms with Crippen molar-refractivity contribution >= 4 is 17.8 Å². The topological polar surface area (TPSA) is 51.3 Å². The lowest BCUT2D eigenvalue weighted by molar-refractivity contribution is 0.307. The van der Waals surface area contributed by atoms with Gasteiger partial charge in [-0.15, -0.1) is 0 Å². The number of nitrogens with zero attached hydrogens (tertiary/aromatic N) is 3. The molecular weight excluding hydrogens is 178 g/mol. The van der Waals surface area contributed by atoms with E-state index in [0.29, 0.717) is 17.4 Å². The Morgan fingerprint density at radius 2 is 2.21 bits per heavy atom. The summed E-state index contributed by atoms with van der Waals surface area (Å²) >= 11 is 0. The van der Waals surface area contributed by atoms with E-state index in [1.165, 1.54) is 0 Å². The molecule has 4 heteroatoms. The number of rotatable bonds is 2. The normalized spacial score (nSPS) is 14.1. The third kappa shape index (κ3) is 1.80. The highest BCUT2D eigenvalue weighted by Crippen LogP contribution is 2.19. The van der Waals surface area contributed by atoms with Gasteiger partial charge in [0.1, 0.15) is 0 Å². The van der Waals surface area contributed by atoms with Gasteiger partial charge in [0.05, 0.1) is 0 Å². The first-order valence-corrected chi connectivity index (χ1v) is 4.59. The SMILES string of the molecule is CC(C)CC1=C=Nc2nonc2C=C1. The van der Waals surface area contributed by atoms with E-state index < -0.39 is 0 Å². The van der Waals surface area contributed by atoms with E-state index in [1.807, 2.05) is 12.2 Å². The highest BCUT2D eigenvalue weighted by Gasteiger charge is 2.08. The molecule has 1 aliphatic heterocycles. The van der Waals surface area contributed by atoms with Crippen molar-refractivity contribution in [3.63, 3.8) is 0 Å². The Kier molecular flexibility index (Phi) is 2.29. The summed E-state index contributed by atoms with van der Waals surface area (Å²) < 4.78 is 4.55. The zero-order valence-corrected chi connectivity index (χ0v) is 8.19. The number of hydrogen-bond donors (Lipinski definition) is 0. The summed E-state index contributed by atoms with van der Waals surface area (Å²) in [6, 6.07) is 0. The smallest absolute Gasteiger partial charge is 0.232 e. The van der Waals surface area contributed by atoms with Crippen LogP contribution in [-0.4, -0.2) is 16.2 Å². The van der Waals surface area contributed by atoms with Gasteiger partial charge in [-0.05, 0) is 40.7 Å². The summed E-state index contributed by atoms with van der Waals surface area (Å²) in [4.78, 5) is 4.06. The predicted octanol–water partition coefficient (Wildman–Crippen LogP) is 2.37. The number of aliphatic imine (C=N–C) groups is 1. The Bertz CT molecular complexity index is 422. The van der Waals surface area contributed by atoms with E-state index in [0.717, 1.165) is 12.0 Å². The van der Waals surface area contributed by atoms with Crippen LogP contribution in [0.15, 0.2) is 21.3 Å². The lowest BCUT2D eigenvalue weighted by atomic mass is 10.0. The summed E-state index contributed by atoms with van der Waals surface area (Å²) in [5, 5.41) is 7.36. The molecule has 2 heterocycles. The molecule has 72 valence electrons. The Morgan fingerprint density at radius 1 is 1.36 bits per heavy atom. The molecule has 0 aromatic carbocycles. The minimum Gasteiger partial charge on any atom is -0.242 e. The van der Waals surface area contributed by atoms with Crippen molar-refractivity contribution in [2.75, 3.05) is 0 Å². The van der Waals surface area contributed by atoms with Gasteiger partial charge < -0.3 is 0 Å². The maximum absolute atomic E-state index is 4.55. The fraction of sp³-hybridized carbons (Fsp3) is 0.400. The molecule has 0 unspecified atom stereocenters. The Hall–Kier alpha value is -1.67. The van der Waals surface area contributed by atoms with Crippen LogP contribution in [-0.2, 0) is 0 Å². The Balaban J connectivity index is 2.30. The third-order valence-electron chi connectivity index (χ3n) is 1.87. The molecule has 0 radical (unpaired) electrons. The van der Waals surface area contributed by atoms with Crippen LogP contribution < -0.4 is 0 Å². The highest BCUT2D eigenvalue weighted by molar-refractivity contribution is 5.74. The number of fused-ring (bicyclic) bond motifs is 1. The van der Waals surface area contributed by atoms with E-state index in [4.69, 9.17) is 0 Å². The molecule has 0 bridgehead atoms. The maximum Gasteiger partial charge on any atom is 0.232 e. The lowest BCUT2D eigenvalue weighted by Gasteiger charge is -2.00. The first kappa shape index (κ1) is 8.91. The minimum absolute atomic E-state index is 0.500. The highest BCUT2D eigenvalue weighted by atomic mass is 16.6. The van der Waals surface area contributed by atoms with Crippen LogP contribution in [0, 0.1) is 5.92 Å². The molecule has 1 aliphatic rings. The quantitative estimate of drug-likeness (QED) is 0.717. The van der Waals surface area contributed by atoms with Gasteiger partial charge in [-0.25, -0.2) is 4.63 Å². The second-order valence-electron chi connectivity index (χ2n) is 3.65. The number of aromatic nitrogens is 2. The maximum atomic E-state index is 4.55. The first-order chi connectivity index (χ1) is 6.75. The molecule has 0 spiro atoms. The first-order valence-electron chi connectivity index (χ1n) is 4.59. The molecule has 0 saturated heterocycles. The van der Waals surface area contributed by atoms with Crippen LogP contribution in [0.5, 0.6) is 0 Å². The van der Waals surface area contributed by atoms with Crippen molar-refractivity contribution in [1.29, 1.82) is 0 Å². The molecule has 1 aromatic rings. The number of allylic oxidation sites excluding steroid dienone is 2. The summed E-state index contributed by atoms with van der Waals surface area (Å²) in [5.41, 5.74) is 1.73. The number of hydrogen-bond acceptors (Lipinski definition) is 4. The lowest BCUT2D eigenvalue weighted by Crippen LogP contribution is -1.89. The summed E-state index contributed by atoms with van der Waals surface area (Å²) in [6.07, 6.45) is 4.77. The molecule has 0 saturated carbocycles. The molecule has 2 rings (SSSR count). The van der Waals surface area contributed by atoms with Crippen molar-refractivity contribution < 1.29 is 4.63 Å². The van der Waals surface area contributed by atoms with Crippen molar-refractivity contribution in [1.82, 2.24) is 10.3 Å². The fourth-order valence-corrected chi connectivity index (χ4v) is 1.27. The monoisotopic (exact) mass is 189 g/mol. The standard InChI is InChI=1S/C10H11N3O/c1-7(2)5-8-3-4-9-10(11-6-8)13-14-12-9/h3-4,7H,5H2,1-2H3. The summed E-state index contributed by atoms with van der Waals surface area (Å²) in [7, 11) is 0. The van der Waals surface area contributed by atoms with Crippen molar-refractivity contribution in [2.45, 2.75) is 20.3 Å². The van der Waals surface area contributed by atoms with Crippen LogP contribution in [0.25, 0.3) is 6.08 Å².